The Morgan fingerprint density at radius 1 is 1.06 bits per heavy atom. The van der Waals surface area contributed by atoms with E-state index in [1.165, 1.54) is 0 Å². The number of nitrogens with zero attached hydrogens (tertiary/aromatic N) is 8. The number of aryl methyl sites for hydroxylation is 1. The number of hydrogen-bond acceptors (Lipinski definition) is 10. The van der Waals surface area contributed by atoms with Gasteiger partial charge in [-0.05, 0) is 56.7 Å². The first-order valence-electron chi connectivity index (χ1n) is 16.6. The second-order valence-electron chi connectivity index (χ2n) is 13.5. The SMILES string of the molecule is Fc1c2ncc3c(nc(OC[C@@]45CCCN4C[C@H](F)C5)nc13)N1CCCCC(C1)c1noc(n1)CCCc1c(Cl)cc3[nH]ncc3c1-2. The number of alkyl halides is 1. The van der Waals surface area contributed by atoms with Gasteiger partial charge < -0.3 is 14.2 Å². The maximum Gasteiger partial charge on any atom is 0.319 e. The van der Waals surface area contributed by atoms with E-state index in [9.17, 15) is 4.39 Å². The largest absolute Gasteiger partial charge is 0.461 e. The van der Waals surface area contributed by atoms with E-state index in [1.54, 1.807) is 12.4 Å². The van der Waals surface area contributed by atoms with Gasteiger partial charge >= 0.3 is 6.01 Å². The lowest BCUT2D eigenvalue weighted by Gasteiger charge is -2.31. The van der Waals surface area contributed by atoms with Crippen LogP contribution in [0.15, 0.2) is 23.0 Å². The third-order valence-corrected chi connectivity index (χ3v) is 10.9. The molecule has 5 aliphatic heterocycles. The lowest BCUT2D eigenvalue weighted by molar-refractivity contribution is 0.107. The van der Waals surface area contributed by atoms with Gasteiger partial charge in [0.05, 0.1) is 22.6 Å². The highest BCUT2D eigenvalue weighted by atomic mass is 35.5. The van der Waals surface area contributed by atoms with Crippen molar-refractivity contribution in [2.24, 2.45) is 0 Å². The number of hydrogen-bond donors (Lipinski definition) is 1. The molecular formula is C33H34ClF2N9O2. The fraction of sp³-hybridized carbons (Fsp3) is 0.515. The number of rotatable bonds is 3. The number of aromatic amines is 1. The topological polar surface area (TPSA) is 122 Å². The van der Waals surface area contributed by atoms with Gasteiger partial charge in [-0.25, -0.2) is 8.78 Å². The summed E-state index contributed by atoms with van der Waals surface area (Å²) in [5.74, 6) is 1.20. The van der Waals surface area contributed by atoms with Crippen LogP contribution in [-0.2, 0) is 12.8 Å². The molecule has 4 aromatic heterocycles. The van der Waals surface area contributed by atoms with Crippen LogP contribution in [0.5, 0.6) is 6.01 Å². The molecule has 8 bridgehead atoms. The minimum atomic E-state index is -0.892. The van der Waals surface area contributed by atoms with Gasteiger partial charge in [-0.15, -0.1) is 0 Å². The summed E-state index contributed by atoms with van der Waals surface area (Å²) in [4.78, 5) is 23.5. The van der Waals surface area contributed by atoms with Crippen LogP contribution in [-0.4, -0.2) is 84.7 Å². The highest BCUT2D eigenvalue weighted by Gasteiger charge is 2.49. The lowest BCUT2D eigenvalue weighted by Crippen LogP contribution is -2.43. The van der Waals surface area contributed by atoms with Crippen molar-refractivity contribution in [3.8, 4) is 17.3 Å². The highest BCUT2D eigenvalue weighted by molar-refractivity contribution is 6.33. The van der Waals surface area contributed by atoms with Crippen LogP contribution in [0.1, 0.15) is 68.1 Å². The fourth-order valence-corrected chi connectivity index (χ4v) is 8.56. The highest BCUT2D eigenvalue weighted by Crippen LogP contribution is 2.42. The molecule has 3 saturated heterocycles. The van der Waals surface area contributed by atoms with E-state index in [2.05, 4.69) is 25.2 Å². The van der Waals surface area contributed by atoms with Crippen molar-refractivity contribution >= 4 is 39.2 Å². The zero-order chi connectivity index (χ0) is 31.7. The molecule has 1 unspecified atom stereocenters. The van der Waals surface area contributed by atoms with E-state index in [-0.39, 0.29) is 29.7 Å². The Kier molecular flexibility index (Phi) is 7.04. The molecular weight excluding hydrogens is 628 g/mol. The first-order chi connectivity index (χ1) is 23.0. The summed E-state index contributed by atoms with van der Waals surface area (Å²) < 4.78 is 43.7. The van der Waals surface area contributed by atoms with Gasteiger partial charge in [-0.1, -0.05) is 23.2 Å². The number of benzene rings is 1. The van der Waals surface area contributed by atoms with Crippen LogP contribution in [0, 0.1) is 5.82 Å². The Balaban J connectivity index is 1.23. The first kappa shape index (κ1) is 29.2. The van der Waals surface area contributed by atoms with E-state index >= 15 is 4.39 Å². The average Bonchev–Trinajstić information content (AvgIpc) is 3.82. The molecule has 0 radical (unpaired) electrons. The van der Waals surface area contributed by atoms with E-state index < -0.39 is 17.5 Å². The molecule has 1 aromatic carbocycles. The third kappa shape index (κ3) is 4.92. The van der Waals surface area contributed by atoms with Crippen LogP contribution >= 0.6 is 11.6 Å². The number of H-pyrrole nitrogens is 1. The quantitative estimate of drug-likeness (QED) is 0.248. The average molecular weight is 662 g/mol. The van der Waals surface area contributed by atoms with Gasteiger partial charge in [0.2, 0.25) is 5.89 Å². The number of halogens is 3. The van der Waals surface area contributed by atoms with Gasteiger partial charge in [0.15, 0.2) is 11.6 Å². The van der Waals surface area contributed by atoms with E-state index in [1.807, 2.05) is 6.07 Å². The molecule has 47 heavy (non-hydrogen) atoms. The molecule has 3 atom stereocenters. The summed E-state index contributed by atoms with van der Waals surface area (Å²) >= 11 is 6.86. The van der Waals surface area contributed by atoms with Gasteiger partial charge in [0.1, 0.15) is 29.8 Å². The van der Waals surface area contributed by atoms with Crippen molar-refractivity contribution in [3.63, 3.8) is 0 Å². The summed E-state index contributed by atoms with van der Waals surface area (Å²) in [6.07, 6.45) is 9.20. The first-order valence-corrected chi connectivity index (χ1v) is 16.9. The van der Waals surface area contributed by atoms with E-state index in [4.69, 9.17) is 40.8 Å². The van der Waals surface area contributed by atoms with Crippen molar-refractivity contribution < 1.29 is 18.0 Å². The molecule has 0 spiro atoms. The summed E-state index contributed by atoms with van der Waals surface area (Å²) in [6, 6.07) is 1.88. The van der Waals surface area contributed by atoms with Gasteiger partial charge in [0, 0.05) is 60.6 Å². The van der Waals surface area contributed by atoms with E-state index in [0.717, 1.165) is 44.2 Å². The summed E-state index contributed by atoms with van der Waals surface area (Å²) in [5.41, 5.74) is 1.84. The van der Waals surface area contributed by atoms with Crippen molar-refractivity contribution in [2.45, 2.75) is 75.4 Å². The molecule has 244 valence electrons. The monoisotopic (exact) mass is 661 g/mol. The van der Waals surface area contributed by atoms with Gasteiger partial charge in [0.25, 0.3) is 0 Å². The zero-order valence-corrected chi connectivity index (χ0v) is 26.6. The third-order valence-electron chi connectivity index (χ3n) is 10.5. The Labute approximate surface area is 274 Å². The smallest absolute Gasteiger partial charge is 0.319 e. The molecule has 0 aliphatic carbocycles. The molecule has 5 aromatic rings. The standard InChI is InChI=1S/C33H34ClF2N9O2/c34-23-11-24-21(14-38-42-24)26-20(23)6-3-7-25-39-30(43-47-25)18-5-1-2-9-44(15-18)31-22-13-37-29(26)27(36)28(22)40-32(41-31)46-17-33-8-4-10-45(33)16-19(35)12-33/h11,13-14,18-19H,1-10,12,15-17H2,(H,38,42)/t18?,19-,33+/m1/s1. The molecule has 10 rings (SSSR count). The van der Waals surface area contributed by atoms with Crippen LogP contribution in [0.3, 0.4) is 0 Å². The molecule has 0 amide bonds. The molecule has 5 aliphatic rings. The zero-order valence-electron chi connectivity index (χ0n) is 25.8. The summed E-state index contributed by atoms with van der Waals surface area (Å²) in [5, 5.41) is 13.3. The second kappa shape index (κ2) is 11.3. The Bertz CT molecular complexity index is 2000. The maximum absolute atomic E-state index is 17.1. The summed E-state index contributed by atoms with van der Waals surface area (Å²) in [7, 11) is 0. The minimum Gasteiger partial charge on any atom is -0.461 e. The van der Waals surface area contributed by atoms with Crippen LogP contribution in [0.2, 0.25) is 5.02 Å². The molecule has 14 heteroatoms. The van der Waals surface area contributed by atoms with Crippen molar-refractivity contribution in [3.05, 3.63) is 46.6 Å². The molecule has 0 saturated carbocycles. The number of aromatic nitrogens is 7. The lowest BCUT2D eigenvalue weighted by atomic mass is 9.95. The predicted molar refractivity (Wildman–Crippen MR) is 171 cm³/mol. The Hall–Kier alpha value is -3.97. The van der Waals surface area contributed by atoms with Gasteiger partial charge in [-0.2, -0.15) is 20.1 Å². The van der Waals surface area contributed by atoms with Crippen molar-refractivity contribution in [2.75, 3.05) is 37.7 Å². The van der Waals surface area contributed by atoms with Crippen LogP contribution in [0.25, 0.3) is 33.1 Å². The van der Waals surface area contributed by atoms with Crippen molar-refractivity contribution in [1.29, 1.82) is 0 Å². The van der Waals surface area contributed by atoms with Gasteiger partial charge in [-0.3, -0.25) is 15.0 Å². The number of fused-ring (bicyclic) bond motifs is 5. The van der Waals surface area contributed by atoms with Crippen LogP contribution < -0.4 is 9.64 Å². The molecule has 9 heterocycles. The molecule has 3 fully saturated rings. The number of nitrogens with one attached hydrogen (secondary N) is 1. The number of ether oxygens (including phenoxy) is 1. The fourth-order valence-electron chi connectivity index (χ4n) is 8.26. The Morgan fingerprint density at radius 3 is 2.94 bits per heavy atom. The number of anilines is 1. The predicted octanol–water partition coefficient (Wildman–Crippen LogP) is 5.96. The number of pyridine rings is 1. The minimum absolute atomic E-state index is 0.00447. The van der Waals surface area contributed by atoms with E-state index in [0.29, 0.717) is 89.7 Å². The summed E-state index contributed by atoms with van der Waals surface area (Å²) in [6.45, 7) is 2.76. The molecule has 11 nitrogen and oxygen atoms in total. The Morgan fingerprint density at radius 2 is 2.00 bits per heavy atom. The maximum atomic E-state index is 17.1. The molecule has 1 N–H and O–H groups in total. The van der Waals surface area contributed by atoms with Crippen molar-refractivity contribution in [1.82, 2.24) is 40.2 Å². The second-order valence-corrected chi connectivity index (χ2v) is 13.9. The normalized spacial score (nSPS) is 24.7. The van der Waals surface area contributed by atoms with Crippen LogP contribution in [0.4, 0.5) is 14.6 Å².